The van der Waals surface area contributed by atoms with Crippen LogP contribution in [-0.4, -0.2) is 24.8 Å². The minimum atomic E-state index is 0.372. The van der Waals surface area contributed by atoms with Crippen LogP contribution in [0.3, 0.4) is 0 Å². The van der Waals surface area contributed by atoms with E-state index in [9.17, 15) is 0 Å². The predicted octanol–water partition coefficient (Wildman–Crippen LogP) is 9.65. The van der Waals surface area contributed by atoms with Crippen LogP contribution >= 0.6 is 11.8 Å². The molecule has 1 aliphatic heterocycles. The van der Waals surface area contributed by atoms with Gasteiger partial charge in [0.15, 0.2) is 17.5 Å². The largest absolute Gasteiger partial charge is 0.309 e. The van der Waals surface area contributed by atoms with Crippen LogP contribution in [0.1, 0.15) is 11.5 Å². The van der Waals surface area contributed by atoms with Gasteiger partial charge in [0.25, 0.3) is 0 Å². The van der Waals surface area contributed by atoms with Crippen molar-refractivity contribution in [1.82, 2.24) is 19.5 Å². The van der Waals surface area contributed by atoms with Gasteiger partial charge in [-0.3, -0.25) is 0 Å². The lowest BCUT2D eigenvalue weighted by Crippen LogP contribution is -2.06. The first kappa shape index (κ1) is 25.3. The molecule has 208 valence electrons. The molecule has 0 amide bonds. The van der Waals surface area contributed by atoms with Crippen molar-refractivity contribution in [2.75, 3.05) is 0 Å². The van der Waals surface area contributed by atoms with Gasteiger partial charge in [-0.2, -0.15) is 0 Å². The Hall–Kier alpha value is -5.26. The standard InChI is InChI=1S/C39H26N4S/c1-3-12-25(13-4-1)37-40-38(42-39(41-37)32-19-11-18-31-30-17-8-10-21-35(30)44-36(31)32)26-22-23-29-28-16-7-9-20-33(28)43(34(29)24-26)27-14-5-2-6-15-27/h1-24,30,35H. The third-order valence-corrected chi connectivity index (χ3v) is 10.0. The van der Waals surface area contributed by atoms with E-state index in [1.165, 1.54) is 26.7 Å². The van der Waals surface area contributed by atoms with Crippen LogP contribution in [0.4, 0.5) is 0 Å². The van der Waals surface area contributed by atoms with Gasteiger partial charge in [-0.1, -0.05) is 121 Å². The maximum atomic E-state index is 5.18. The van der Waals surface area contributed by atoms with E-state index in [4.69, 9.17) is 15.0 Å². The quantitative estimate of drug-likeness (QED) is 0.207. The SMILES string of the molecule is C1=CC2Sc3c(-c4nc(-c5ccccc5)nc(-c5ccc6c7ccccc7n(-c7ccccc7)c6c5)n4)cccc3C2C=C1. The Labute approximate surface area is 259 Å². The highest BCUT2D eigenvalue weighted by Crippen LogP contribution is 2.51. The van der Waals surface area contributed by atoms with Crippen LogP contribution in [0.15, 0.2) is 151 Å². The highest BCUT2D eigenvalue weighted by Gasteiger charge is 2.33. The summed E-state index contributed by atoms with van der Waals surface area (Å²) in [6, 6.07) is 42.4. The van der Waals surface area contributed by atoms with E-state index in [-0.39, 0.29) is 0 Å². The van der Waals surface area contributed by atoms with Crippen LogP contribution in [0, 0.1) is 0 Å². The van der Waals surface area contributed by atoms with Gasteiger partial charge < -0.3 is 4.57 Å². The summed E-state index contributed by atoms with van der Waals surface area (Å²) in [6.45, 7) is 0. The molecular formula is C39H26N4S. The van der Waals surface area contributed by atoms with Gasteiger partial charge in [0.2, 0.25) is 0 Å². The average molecular weight is 583 g/mol. The second kappa shape index (κ2) is 10.2. The number of hydrogen-bond acceptors (Lipinski definition) is 4. The summed E-state index contributed by atoms with van der Waals surface area (Å²) in [5, 5.41) is 2.82. The number of rotatable bonds is 4. The maximum Gasteiger partial charge on any atom is 0.165 e. The second-order valence-electron chi connectivity index (χ2n) is 11.2. The molecule has 0 bridgehead atoms. The minimum Gasteiger partial charge on any atom is -0.309 e. The number of nitrogens with zero attached hydrogens (tertiary/aromatic N) is 4. The van der Waals surface area contributed by atoms with Crippen molar-refractivity contribution in [3.8, 4) is 39.9 Å². The van der Waals surface area contributed by atoms with Crippen molar-refractivity contribution < 1.29 is 0 Å². The third kappa shape index (κ3) is 4.04. The van der Waals surface area contributed by atoms with E-state index >= 15 is 0 Å². The Morgan fingerprint density at radius 1 is 0.545 bits per heavy atom. The summed E-state index contributed by atoms with van der Waals surface area (Å²) in [7, 11) is 0. The van der Waals surface area contributed by atoms with Crippen molar-refractivity contribution in [3.63, 3.8) is 0 Å². The minimum absolute atomic E-state index is 0.372. The molecule has 0 spiro atoms. The molecule has 2 aromatic heterocycles. The summed E-state index contributed by atoms with van der Waals surface area (Å²) in [5.41, 5.74) is 7.75. The Morgan fingerprint density at radius 2 is 1.25 bits per heavy atom. The number of hydrogen-bond donors (Lipinski definition) is 0. The molecule has 2 aliphatic rings. The van der Waals surface area contributed by atoms with Crippen LogP contribution in [-0.2, 0) is 0 Å². The molecule has 3 heterocycles. The summed E-state index contributed by atoms with van der Waals surface area (Å²) in [5.74, 6) is 2.41. The van der Waals surface area contributed by atoms with Crippen molar-refractivity contribution >= 4 is 33.6 Å². The molecular weight excluding hydrogens is 557 g/mol. The second-order valence-corrected chi connectivity index (χ2v) is 12.4. The van der Waals surface area contributed by atoms with Crippen molar-refractivity contribution in [3.05, 3.63) is 151 Å². The fourth-order valence-electron chi connectivity index (χ4n) is 6.55. The first-order chi connectivity index (χ1) is 21.8. The van der Waals surface area contributed by atoms with Crippen LogP contribution in [0.2, 0.25) is 0 Å². The van der Waals surface area contributed by atoms with E-state index in [1.807, 2.05) is 30.0 Å². The van der Waals surface area contributed by atoms with Gasteiger partial charge in [0.1, 0.15) is 0 Å². The van der Waals surface area contributed by atoms with Gasteiger partial charge >= 0.3 is 0 Å². The molecule has 7 aromatic rings. The topological polar surface area (TPSA) is 43.6 Å². The number of fused-ring (bicyclic) bond motifs is 6. The van der Waals surface area contributed by atoms with Crippen LogP contribution < -0.4 is 0 Å². The van der Waals surface area contributed by atoms with E-state index in [0.717, 1.165) is 27.9 Å². The first-order valence-corrected chi connectivity index (χ1v) is 15.8. The van der Waals surface area contributed by atoms with Crippen molar-refractivity contribution in [1.29, 1.82) is 0 Å². The number of thioether (sulfide) groups is 1. The lowest BCUT2D eigenvalue weighted by Gasteiger charge is -2.14. The number of benzene rings is 5. The monoisotopic (exact) mass is 582 g/mol. The van der Waals surface area contributed by atoms with Gasteiger partial charge in [0.05, 0.1) is 11.0 Å². The fourth-order valence-corrected chi connectivity index (χ4v) is 8.00. The smallest absolute Gasteiger partial charge is 0.165 e. The molecule has 1 aliphatic carbocycles. The van der Waals surface area contributed by atoms with Crippen molar-refractivity contribution in [2.24, 2.45) is 0 Å². The molecule has 9 rings (SSSR count). The summed E-state index contributed by atoms with van der Waals surface area (Å²) in [4.78, 5) is 16.6. The molecule has 0 radical (unpaired) electrons. The molecule has 0 saturated heterocycles. The Morgan fingerprint density at radius 3 is 2.11 bits per heavy atom. The fraction of sp³-hybridized carbons (Fsp3) is 0.0513. The zero-order valence-corrected chi connectivity index (χ0v) is 24.5. The highest BCUT2D eigenvalue weighted by atomic mass is 32.2. The average Bonchev–Trinajstić information content (AvgIpc) is 3.64. The molecule has 2 atom stereocenters. The molecule has 4 nitrogen and oxygen atoms in total. The zero-order chi connectivity index (χ0) is 29.0. The number of allylic oxidation sites excluding steroid dienone is 3. The molecule has 0 N–H and O–H groups in total. The third-order valence-electron chi connectivity index (χ3n) is 8.60. The highest BCUT2D eigenvalue weighted by molar-refractivity contribution is 8.00. The van der Waals surface area contributed by atoms with E-state index in [2.05, 4.69) is 132 Å². The number of aromatic nitrogens is 4. The lowest BCUT2D eigenvalue weighted by molar-refractivity contribution is 0.880. The Kier molecular flexibility index (Phi) is 5.84. The Bertz CT molecular complexity index is 2270. The van der Waals surface area contributed by atoms with E-state index in [0.29, 0.717) is 28.6 Å². The van der Waals surface area contributed by atoms with Gasteiger partial charge in [-0.25, -0.2) is 15.0 Å². The number of para-hydroxylation sites is 2. The molecule has 5 aromatic carbocycles. The van der Waals surface area contributed by atoms with Crippen LogP contribution in [0.5, 0.6) is 0 Å². The Balaban J connectivity index is 1.27. The van der Waals surface area contributed by atoms with Crippen LogP contribution in [0.25, 0.3) is 61.7 Å². The summed E-state index contributed by atoms with van der Waals surface area (Å²) >= 11 is 1.91. The van der Waals surface area contributed by atoms with Crippen molar-refractivity contribution in [2.45, 2.75) is 16.1 Å². The van der Waals surface area contributed by atoms with E-state index < -0.39 is 0 Å². The zero-order valence-electron chi connectivity index (χ0n) is 23.7. The van der Waals surface area contributed by atoms with Gasteiger partial charge in [0, 0.05) is 49.2 Å². The predicted molar refractivity (Wildman–Crippen MR) is 181 cm³/mol. The first-order valence-electron chi connectivity index (χ1n) is 14.9. The normalized spacial score (nSPS) is 16.8. The van der Waals surface area contributed by atoms with Gasteiger partial charge in [-0.15, -0.1) is 11.8 Å². The molecule has 2 unspecified atom stereocenters. The molecule has 5 heteroatoms. The van der Waals surface area contributed by atoms with E-state index in [1.54, 1.807) is 0 Å². The summed E-state index contributed by atoms with van der Waals surface area (Å²) in [6.07, 6.45) is 8.92. The lowest BCUT2D eigenvalue weighted by atomic mass is 9.91. The molecule has 44 heavy (non-hydrogen) atoms. The maximum absolute atomic E-state index is 5.18. The summed E-state index contributed by atoms with van der Waals surface area (Å²) < 4.78 is 2.33. The van der Waals surface area contributed by atoms with Gasteiger partial charge in [-0.05, 0) is 29.8 Å². The molecule has 0 fully saturated rings. The molecule has 0 saturated carbocycles.